The normalized spacial score (nSPS) is 9.44. The molecule has 0 aliphatic rings. The highest BCUT2D eigenvalue weighted by Crippen LogP contribution is 2.25. The quantitative estimate of drug-likeness (QED) is 0.526. The van der Waals surface area contributed by atoms with E-state index in [1.165, 1.54) is 30.8 Å². The number of carbonyl (C=O) groups is 2. The number of halogens is 1. The van der Waals surface area contributed by atoms with Crippen molar-refractivity contribution in [1.29, 1.82) is 0 Å². The molecule has 0 unspecified atom stereocenters. The summed E-state index contributed by atoms with van der Waals surface area (Å²) in [5.74, 6) is 5.99. The summed E-state index contributed by atoms with van der Waals surface area (Å²) in [7, 11) is 0. The van der Waals surface area contributed by atoms with E-state index in [2.05, 4.69) is 11.8 Å². The number of thioether (sulfide) groups is 1. The van der Waals surface area contributed by atoms with Crippen molar-refractivity contribution in [1.82, 2.24) is 0 Å². The van der Waals surface area contributed by atoms with Gasteiger partial charge >= 0.3 is 0 Å². The van der Waals surface area contributed by atoms with E-state index in [0.29, 0.717) is 29.0 Å². The van der Waals surface area contributed by atoms with Crippen molar-refractivity contribution in [3.05, 3.63) is 28.3 Å². The van der Waals surface area contributed by atoms with E-state index in [9.17, 15) is 14.7 Å². The van der Waals surface area contributed by atoms with Crippen LogP contribution >= 0.6 is 23.4 Å². The number of hydrogen-bond donors (Lipinski definition) is 1. The second-order valence-corrected chi connectivity index (χ2v) is 5.11. The first kappa shape index (κ1) is 14.6. The van der Waals surface area contributed by atoms with Crippen molar-refractivity contribution in [3.63, 3.8) is 0 Å². The molecule has 0 fully saturated rings. The van der Waals surface area contributed by atoms with Gasteiger partial charge in [0.25, 0.3) is 0 Å². The van der Waals surface area contributed by atoms with Gasteiger partial charge in [0, 0.05) is 24.1 Å². The van der Waals surface area contributed by atoms with E-state index in [0.717, 1.165) is 0 Å². The summed E-state index contributed by atoms with van der Waals surface area (Å²) in [6, 6.07) is 2.87. The number of benzene rings is 1. The Morgan fingerprint density at radius 1 is 1.56 bits per heavy atom. The Labute approximate surface area is 115 Å². The van der Waals surface area contributed by atoms with E-state index in [1.807, 2.05) is 0 Å². The average Bonchev–Trinajstić information content (AvgIpc) is 2.32. The highest BCUT2D eigenvalue weighted by atomic mass is 35.5. The van der Waals surface area contributed by atoms with E-state index >= 15 is 0 Å². The van der Waals surface area contributed by atoms with E-state index in [4.69, 9.17) is 11.6 Å². The molecule has 5 heteroatoms. The third-order valence-electron chi connectivity index (χ3n) is 1.99. The number of phenolic OH excluding ortho intramolecular Hbond substituents is 1. The molecule has 0 aromatic heterocycles. The number of rotatable bonds is 3. The molecule has 0 saturated heterocycles. The topological polar surface area (TPSA) is 54.4 Å². The minimum Gasteiger partial charge on any atom is -0.506 e. The minimum absolute atomic E-state index is 0.0469. The number of aromatic hydroxyl groups is 1. The Balaban J connectivity index is 2.78. The molecule has 94 valence electrons. The molecule has 0 aliphatic heterocycles. The molecule has 3 nitrogen and oxygen atoms in total. The van der Waals surface area contributed by atoms with Crippen LogP contribution in [0.5, 0.6) is 5.75 Å². The molecule has 1 rings (SSSR count). The molecule has 0 aliphatic carbocycles. The lowest BCUT2D eigenvalue weighted by atomic mass is 10.1. The average molecular weight is 283 g/mol. The summed E-state index contributed by atoms with van der Waals surface area (Å²) < 4.78 is 0. The molecular formula is C13H11ClO3S. The molecular weight excluding hydrogens is 272 g/mol. The molecule has 1 aromatic rings. The highest BCUT2D eigenvalue weighted by Gasteiger charge is 2.06. The van der Waals surface area contributed by atoms with Gasteiger partial charge in [-0.2, -0.15) is 0 Å². The lowest BCUT2D eigenvalue weighted by Gasteiger charge is -2.01. The summed E-state index contributed by atoms with van der Waals surface area (Å²) in [4.78, 5) is 21.4. The van der Waals surface area contributed by atoms with E-state index in [1.54, 1.807) is 0 Å². The van der Waals surface area contributed by atoms with Crippen LogP contribution < -0.4 is 0 Å². The Morgan fingerprint density at radius 2 is 2.28 bits per heavy atom. The molecule has 0 bridgehead atoms. The maximum Gasteiger partial charge on any atom is 0.185 e. The maximum atomic E-state index is 10.7. The summed E-state index contributed by atoms with van der Waals surface area (Å²) >= 11 is 6.99. The zero-order valence-corrected chi connectivity index (χ0v) is 11.3. The predicted octanol–water partition coefficient (Wildman–Crippen LogP) is 2.88. The first-order valence-electron chi connectivity index (χ1n) is 5.14. The summed E-state index contributed by atoms with van der Waals surface area (Å²) in [5.41, 5.74) is 0.433. The van der Waals surface area contributed by atoms with Crippen molar-refractivity contribution in [2.24, 2.45) is 0 Å². The van der Waals surface area contributed by atoms with Gasteiger partial charge in [0.2, 0.25) is 0 Å². The zero-order chi connectivity index (χ0) is 13.5. The van der Waals surface area contributed by atoms with Crippen molar-refractivity contribution in [2.75, 3.05) is 5.75 Å². The van der Waals surface area contributed by atoms with Crippen LogP contribution in [-0.4, -0.2) is 22.3 Å². The van der Waals surface area contributed by atoms with Crippen LogP contribution in [0.25, 0.3) is 0 Å². The van der Waals surface area contributed by atoms with Crippen molar-refractivity contribution >= 4 is 34.8 Å². The molecule has 0 radical (unpaired) electrons. The standard InChI is InChI=1S/C13H11ClO3S/c1-9(16)18-5-3-2-4-10-6-12(14)7-11(8-15)13(10)17/h6-8,17H,3,5H2,1H3. The van der Waals surface area contributed by atoms with Crippen LogP contribution in [0.1, 0.15) is 29.3 Å². The van der Waals surface area contributed by atoms with Crippen LogP contribution in [0.4, 0.5) is 0 Å². The summed E-state index contributed by atoms with van der Waals surface area (Å²) in [5, 5.41) is 10.1. The van der Waals surface area contributed by atoms with Crippen molar-refractivity contribution in [2.45, 2.75) is 13.3 Å². The number of aldehydes is 1. The van der Waals surface area contributed by atoms with Gasteiger partial charge in [-0.1, -0.05) is 35.2 Å². The second kappa shape index (κ2) is 7.10. The minimum atomic E-state index is -0.166. The fourth-order valence-corrected chi connectivity index (χ4v) is 1.93. The van der Waals surface area contributed by atoms with E-state index in [-0.39, 0.29) is 16.4 Å². The van der Waals surface area contributed by atoms with Gasteiger partial charge in [0.15, 0.2) is 11.4 Å². The number of hydrogen-bond acceptors (Lipinski definition) is 4. The maximum absolute atomic E-state index is 10.7. The van der Waals surface area contributed by atoms with Gasteiger partial charge in [0.1, 0.15) is 5.75 Å². The summed E-state index contributed by atoms with van der Waals surface area (Å²) in [6.07, 6.45) is 1.05. The largest absolute Gasteiger partial charge is 0.506 e. The van der Waals surface area contributed by atoms with Gasteiger partial charge in [-0.15, -0.1) is 0 Å². The van der Waals surface area contributed by atoms with Crippen LogP contribution in [0.3, 0.4) is 0 Å². The van der Waals surface area contributed by atoms with Crippen molar-refractivity contribution < 1.29 is 14.7 Å². The van der Waals surface area contributed by atoms with Gasteiger partial charge < -0.3 is 5.11 Å². The smallest absolute Gasteiger partial charge is 0.185 e. The van der Waals surface area contributed by atoms with Gasteiger partial charge in [-0.25, -0.2) is 0 Å². The SMILES string of the molecule is CC(=O)SCCC#Cc1cc(Cl)cc(C=O)c1O. The first-order chi connectivity index (χ1) is 8.54. The van der Waals surface area contributed by atoms with Crippen LogP contribution in [0.15, 0.2) is 12.1 Å². The Morgan fingerprint density at radius 3 is 2.89 bits per heavy atom. The Hall–Kier alpha value is -1.44. The summed E-state index contributed by atoms with van der Waals surface area (Å²) in [6.45, 7) is 1.50. The molecule has 1 aromatic carbocycles. The number of phenols is 1. The van der Waals surface area contributed by atoms with Gasteiger partial charge in [-0.05, 0) is 12.1 Å². The molecule has 18 heavy (non-hydrogen) atoms. The number of carbonyl (C=O) groups excluding carboxylic acids is 2. The van der Waals surface area contributed by atoms with Gasteiger partial charge in [-0.3, -0.25) is 9.59 Å². The Kier molecular flexibility index (Phi) is 5.76. The molecule has 0 heterocycles. The predicted molar refractivity (Wildman–Crippen MR) is 73.1 cm³/mol. The molecule has 1 N–H and O–H groups in total. The van der Waals surface area contributed by atoms with Crippen LogP contribution in [0.2, 0.25) is 5.02 Å². The fraction of sp³-hybridized carbons (Fsp3) is 0.231. The third-order valence-corrected chi connectivity index (χ3v) is 3.02. The highest BCUT2D eigenvalue weighted by molar-refractivity contribution is 8.13. The van der Waals surface area contributed by atoms with Crippen LogP contribution in [-0.2, 0) is 4.79 Å². The lowest BCUT2D eigenvalue weighted by Crippen LogP contribution is -1.87. The third kappa shape index (κ3) is 4.44. The molecule has 0 spiro atoms. The monoisotopic (exact) mass is 282 g/mol. The van der Waals surface area contributed by atoms with Crippen LogP contribution in [0, 0.1) is 11.8 Å². The first-order valence-corrected chi connectivity index (χ1v) is 6.51. The van der Waals surface area contributed by atoms with Gasteiger partial charge in [0.05, 0.1) is 11.1 Å². The lowest BCUT2D eigenvalue weighted by molar-refractivity contribution is -0.109. The second-order valence-electron chi connectivity index (χ2n) is 3.40. The molecule has 0 amide bonds. The molecule has 0 saturated carbocycles. The molecule has 0 atom stereocenters. The van der Waals surface area contributed by atoms with E-state index < -0.39 is 0 Å². The van der Waals surface area contributed by atoms with Crippen molar-refractivity contribution in [3.8, 4) is 17.6 Å². The fourth-order valence-electron chi connectivity index (χ4n) is 1.21. The zero-order valence-electron chi connectivity index (χ0n) is 9.70. The Bertz CT molecular complexity index is 529.